The van der Waals surface area contributed by atoms with E-state index >= 15 is 0 Å². The first-order chi connectivity index (χ1) is 9.93. The molecule has 4 heteroatoms. The molecule has 2 heterocycles. The third-order valence-corrected chi connectivity index (χ3v) is 3.24. The third kappa shape index (κ3) is 2.97. The van der Waals surface area contributed by atoms with Crippen molar-refractivity contribution in [3.8, 4) is 0 Å². The fourth-order valence-electron chi connectivity index (χ4n) is 2.24. The monoisotopic (exact) mass is 267 g/mol. The van der Waals surface area contributed by atoms with Crippen LogP contribution in [0.25, 0.3) is 0 Å². The number of nitrogens with zero attached hydrogens (tertiary/aromatic N) is 2. The Kier molecular flexibility index (Phi) is 3.94. The summed E-state index contributed by atoms with van der Waals surface area (Å²) in [6.07, 6.45) is 7.29. The summed E-state index contributed by atoms with van der Waals surface area (Å²) in [6.45, 7) is 1.72. The van der Waals surface area contributed by atoms with E-state index in [2.05, 4.69) is 27.0 Å². The Hall–Kier alpha value is -2.33. The Morgan fingerprint density at radius 2 is 2.05 bits per heavy atom. The number of hydrogen-bond donors (Lipinski definition) is 1. The standard InChI is InChI=1S/C16H17N3O/c1-2-5-14(6-3-1)16(15-7-4-12-20-15)18-9-11-19-10-8-17-13-19/h1-8,10,12-13,16,18H,9,11H2. The molecule has 0 bridgehead atoms. The minimum atomic E-state index is 0.0784. The lowest BCUT2D eigenvalue weighted by atomic mass is 10.0. The molecule has 1 aromatic carbocycles. The van der Waals surface area contributed by atoms with Crippen LogP contribution in [0.5, 0.6) is 0 Å². The molecule has 0 radical (unpaired) electrons. The van der Waals surface area contributed by atoms with Crippen LogP contribution in [0.3, 0.4) is 0 Å². The molecule has 0 aliphatic rings. The first kappa shape index (κ1) is 12.7. The molecule has 0 amide bonds. The van der Waals surface area contributed by atoms with Crippen LogP contribution in [0.1, 0.15) is 17.4 Å². The van der Waals surface area contributed by atoms with Gasteiger partial charge in [0.25, 0.3) is 0 Å². The number of imidazole rings is 1. The highest BCUT2D eigenvalue weighted by Crippen LogP contribution is 2.21. The summed E-state index contributed by atoms with van der Waals surface area (Å²) in [5.41, 5.74) is 1.20. The summed E-state index contributed by atoms with van der Waals surface area (Å²) in [5, 5.41) is 3.53. The largest absolute Gasteiger partial charge is 0.467 e. The van der Waals surface area contributed by atoms with Gasteiger partial charge in [-0.05, 0) is 17.7 Å². The Bertz CT molecular complexity index is 602. The molecule has 3 aromatic rings. The van der Waals surface area contributed by atoms with Crippen LogP contribution in [0.4, 0.5) is 0 Å². The predicted octanol–water partition coefficient (Wildman–Crippen LogP) is 2.86. The summed E-state index contributed by atoms with van der Waals surface area (Å²) >= 11 is 0. The van der Waals surface area contributed by atoms with Crippen LogP contribution in [0.2, 0.25) is 0 Å². The number of furan rings is 1. The summed E-state index contributed by atoms with van der Waals surface area (Å²) in [6, 6.07) is 14.3. The highest BCUT2D eigenvalue weighted by molar-refractivity contribution is 5.26. The molecule has 20 heavy (non-hydrogen) atoms. The normalized spacial score (nSPS) is 12.4. The van der Waals surface area contributed by atoms with Crippen molar-refractivity contribution in [2.45, 2.75) is 12.6 Å². The van der Waals surface area contributed by atoms with E-state index in [4.69, 9.17) is 4.42 Å². The van der Waals surface area contributed by atoms with E-state index in [0.717, 1.165) is 18.8 Å². The van der Waals surface area contributed by atoms with Crippen LogP contribution in [-0.4, -0.2) is 16.1 Å². The molecular weight excluding hydrogens is 250 g/mol. The minimum Gasteiger partial charge on any atom is -0.467 e. The Morgan fingerprint density at radius 1 is 1.15 bits per heavy atom. The molecule has 0 spiro atoms. The van der Waals surface area contributed by atoms with E-state index in [-0.39, 0.29) is 6.04 Å². The maximum absolute atomic E-state index is 5.56. The molecular formula is C16H17N3O. The number of benzene rings is 1. The molecule has 1 N–H and O–H groups in total. The zero-order valence-electron chi connectivity index (χ0n) is 11.1. The Morgan fingerprint density at radius 3 is 2.75 bits per heavy atom. The summed E-state index contributed by atoms with van der Waals surface area (Å²) in [4.78, 5) is 4.04. The summed E-state index contributed by atoms with van der Waals surface area (Å²) in [7, 11) is 0. The lowest BCUT2D eigenvalue weighted by Gasteiger charge is -2.17. The SMILES string of the molecule is c1ccc(C(NCCn2ccnc2)c2ccco2)cc1. The molecule has 3 rings (SSSR count). The molecule has 102 valence electrons. The quantitative estimate of drug-likeness (QED) is 0.746. The van der Waals surface area contributed by atoms with Crippen molar-refractivity contribution in [3.05, 3.63) is 78.8 Å². The van der Waals surface area contributed by atoms with Crippen molar-refractivity contribution < 1.29 is 4.42 Å². The van der Waals surface area contributed by atoms with Crippen LogP contribution >= 0.6 is 0 Å². The van der Waals surface area contributed by atoms with Crippen molar-refractivity contribution in [2.24, 2.45) is 0 Å². The van der Waals surface area contributed by atoms with E-state index < -0.39 is 0 Å². The zero-order valence-corrected chi connectivity index (χ0v) is 11.1. The smallest absolute Gasteiger partial charge is 0.125 e. The van der Waals surface area contributed by atoms with Crippen molar-refractivity contribution in [3.63, 3.8) is 0 Å². The van der Waals surface area contributed by atoms with Gasteiger partial charge < -0.3 is 14.3 Å². The molecule has 0 aliphatic heterocycles. The average molecular weight is 267 g/mol. The third-order valence-electron chi connectivity index (χ3n) is 3.24. The van der Waals surface area contributed by atoms with E-state index in [0.29, 0.717) is 0 Å². The Labute approximate surface area is 118 Å². The number of aromatic nitrogens is 2. The maximum atomic E-state index is 5.56. The van der Waals surface area contributed by atoms with Crippen LogP contribution in [0.15, 0.2) is 71.9 Å². The van der Waals surface area contributed by atoms with Gasteiger partial charge in [-0.3, -0.25) is 0 Å². The second-order valence-electron chi connectivity index (χ2n) is 4.61. The van der Waals surface area contributed by atoms with Gasteiger partial charge in [-0.2, -0.15) is 0 Å². The topological polar surface area (TPSA) is 43.0 Å². The van der Waals surface area contributed by atoms with Crippen LogP contribution < -0.4 is 5.32 Å². The van der Waals surface area contributed by atoms with Gasteiger partial charge in [-0.15, -0.1) is 0 Å². The van der Waals surface area contributed by atoms with Crippen LogP contribution in [0, 0.1) is 0 Å². The summed E-state index contributed by atoms with van der Waals surface area (Å²) in [5.74, 6) is 0.932. The van der Waals surface area contributed by atoms with Gasteiger partial charge >= 0.3 is 0 Å². The van der Waals surface area contributed by atoms with E-state index in [1.54, 1.807) is 12.5 Å². The molecule has 1 atom stereocenters. The molecule has 0 aliphatic carbocycles. The molecule has 0 saturated heterocycles. The van der Waals surface area contributed by atoms with Gasteiger partial charge in [0.05, 0.1) is 18.6 Å². The predicted molar refractivity (Wildman–Crippen MR) is 77.2 cm³/mol. The molecule has 0 fully saturated rings. The van der Waals surface area contributed by atoms with Gasteiger partial charge in [0.1, 0.15) is 5.76 Å². The lowest BCUT2D eigenvalue weighted by Crippen LogP contribution is -2.25. The molecule has 4 nitrogen and oxygen atoms in total. The average Bonchev–Trinajstić information content (AvgIpc) is 3.18. The van der Waals surface area contributed by atoms with Gasteiger partial charge in [-0.1, -0.05) is 30.3 Å². The van der Waals surface area contributed by atoms with Gasteiger partial charge in [-0.25, -0.2) is 4.98 Å². The number of nitrogens with one attached hydrogen (secondary N) is 1. The van der Waals surface area contributed by atoms with Crippen molar-refractivity contribution >= 4 is 0 Å². The summed E-state index contributed by atoms with van der Waals surface area (Å²) < 4.78 is 7.61. The second-order valence-corrected chi connectivity index (χ2v) is 4.61. The van der Waals surface area contributed by atoms with E-state index in [9.17, 15) is 0 Å². The zero-order chi connectivity index (χ0) is 13.6. The maximum Gasteiger partial charge on any atom is 0.125 e. The molecule has 1 unspecified atom stereocenters. The highest BCUT2D eigenvalue weighted by atomic mass is 16.3. The fourth-order valence-corrected chi connectivity index (χ4v) is 2.24. The van der Waals surface area contributed by atoms with Crippen molar-refractivity contribution in [2.75, 3.05) is 6.54 Å². The van der Waals surface area contributed by atoms with Crippen molar-refractivity contribution in [1.82, 2.24) is 14.9 Å². The van der Waals surface area contributed by atoms with E-state index in [1.165, 1.54) is 5.56 Å². The Balaban J connectivity index is 1.70. The first-order valence-corrected chi connectivity index (χ1v) is 6.71. The number of hydrogen-bond acceptors (Lipinski definition) is 3. The lowest BCUT2D eigenvalue weighted by molar-refractivity contribution is 0.439. The molecule has 0 saturated carbocycles. The second kappa shape index (κ2) is 6.21. The molecule has 2 aromatic heterocycles. The van der Waals surface area contributed by atoms with Gasteiger partial charge in [0, 0.05) is 25.5 Å². The van der Waals surface area contributed by atoms with Gasteiger partial charge in [0.15, 0.2) is 0 Å². The fraction of sp³-hybridized carbons (Fsp3) is 0.188. The van der Waals surface area contributed by atoms with Crippen molar-refractivity contribution in [1.29, 1.82) is 0 Å². The number of rotatable bonds is 6. The van der Waals surface area contributed by atoms with E-state index in [1.807, 2.05) is 42.9 Å². The first-order valence-electron chi connectivity index (χ1n) is 6.71. The van der Waals surface area contributed by atoms with Gasteiger partial charge in [0.2, 0.25) is 0 Å². The minimum absolute atomic E-state index is 0.0784. The highest BCUT2D eigenvalue weighted by Gasteiger charge is 2.15. The van der Waals surface area contributed by atoms with Crippen LogP contribution in [-0.2, 0) is 6.54 Å².